The Kier molecular flexibility index (Phi) is 2.04. The molecule has 5 nitrogen and oxygen atoms in total. The van der Waals surface area contributed by atoms with Crippen LogP contribution in [0.1, 0.15) is 23.2 Å². The molecule has 106 valence electrons. The van der Waals surface area contributed by atoms with E-state index in [2.05, 4.69) is 9.97 Å². The van der Waals surface area contributed by atoms with E-state index in [1.54, 1.807) is 18.5 Å². The van der Waals surface area contributed by atoms with Gasteiger partial charge < -0.3 is 9.88 Å². The van der Waals surface area contributed by atoms with Crippen LogP contribution in [-0.2, 0) is 0 Å². The molecule has 2 saturated carbocycles. The third kappa shape index (κ3) is 1.43. The number of carbonyl (C=O) groups is 1. The van der Waals surface area contributed by atoms with Crippen LogP contribution in [0.2, 0.25) is 0 Å². The summed E-state index contributed by atoms with van der Waals surface area (Å²) in [6.45, 7) is 0.829. The topological polar surface area (TPSA) is 66.1 Å². The third-order valence-corrected chi connectivity index (χ3v) is 5.54. The van der Waals surface area contributed by atoms with Crippen molar-refractivity contribution in [1.82, 2.24) is 14.9 Å². The number of pyridine rings is 2. The molecule has 2 aromatic rings. The monoisotopic (exact) mass is 281 g/mol. The van der Waals surface area contributed by atoms with E-state index in [1.807, 2.05) is 4.90 Å². The molecule has 0 aromatic carbocycles. The van der Waals surface area contributed by atoms with Crippen LogP contribution in [-0.4, -0.2) is 33.4 Å². The fourth-order valence-corrected chi connectivity index (χ4v) is 4.45. The first-order valence-electron chi connectivity index (χ1n) is 7.50. The maximum Gasteiger partial charge on any atom is 0.259 e. The van der Waals surface area contributed by atoms with Crippen LogP contribution in [0.4, 0.5) is 0 Å². The van der Waals surface area contributed by atoms with E-state index in [1.165, 1.54) is 12.6 Å². The van der Waals surface area contributed by atoms with Crippen molar-refractivity contribution in [2.45, 2.75) is 18.9 Å². The van der Waals surface area contributed by atoms with E-state index in [0.29, 0.717) is 23.3 Å². The molecule has 1 saturated heterocycles. The summed E-state index contributed by atoms with van der Waals surface area (Å²) in [6.07, 6.45) is 7.12. The second kappa shape index (κ2) is 3.72. The summed E-state index contributed by atoms with van der Waals surface area (Å²) in [5.74, 6) is 2.12. The average Bonchev–Trinajstić information content (AvgIpc) is 3.12. The van der Waals surface area contributed by atoms with Crippen LogP contribution in [0.5, 0.6) is 0 Å². The van der Waals surface area contributed by atoms with Crippen molar-refractivity contribution in [1.29, 1.82) is 0 Å². The highest BCUT2D eigenvalue weighted by Gasteiger charge is 2.61. The molecule has 3 aliphatic rings. The number of nitrogens with one attached hydrogen (secondary N) is 1. The van der Waals surface area contributed by atoms with Crippen molar-refractivity contribution in [2.75, 3.05) is 6.54 Å². The van der Waals surface area contributed by atoms with Gasteiger partial charge in [0.1, 0.15) is 5.56 Å². The normalized spacial score (nSPS) is 32.5. The summed E-state index contributed by atoms with van der Waals surface area (Å²) >= 11 is 0. The van der Waals surface area contributed by atoms with Gasteiger partial charge in [-0.3, -0.25) is 14.6 Å². The Bertz CT molecular complexity index is 828. The SMILES string of the molecule is O=C(c1c[nH]c2ccncc2c1=O)N1C[C@@H]2C[C@H]1[C@H]1C[C@@H]21. The molecule has 21 heavy (non-hydrogen) atoms. The van der Waals surface area contributed by atoms with E-state index in [9.17, 15) is 9.59 Å². The molecular weight excluding hydrogens is 266 g/mol. The van der Waals surface area contributed by atoms with Crippen molar-refractivity contribution in [2.24, 2.45) is 17.8 Å². The molecule has 2 aliphatic carbocycles. The van der Waals surface area contributed by atoms with Crippen LogP contribution in [0, 0.1) is 17.8 Å². The molecule has 5 rings (SSSR count). The van der Waals surface area contributed by atoms with E-state index < -0.39 is 0 Å². The summed E-state index contributed by atoms with van der Waals surface area (Å²) in [4.78, 5) is 34.2. The first-order chi connectivity index (χ1) is 10.2. The Morgan fingerprint density at radius 3 is 3.05 bits per heavy atom. The van der Waals surface area contributed by atoms with E-state index in [-0.39, 0.29) is 16.9 Å². The summed E-state index contributed by atoms with van der Waals surface area (Å²) in [5, 5.41) is 0.483. The van der Waals surface area contributed by atoms with Gasteiger partial charge >= 0.3 is 0 Å². The molecule has 0 unspecified atom stereocenters. The van der Waals surface area contributed by atoms with Gasteiger partial charge in [-0.2, -0.15) is 0 Å². The van der Waals surface area contributed by atoms with E-state index >= 15 is 0 Å². The number of carbonyl (C=O) groups excluding carboxylic acids is 1. The maximum atomic E-state index is 12.8. The second-order valence-corrected chi connectivity index (χ2v) is 6.54. The fraction of sp³-hybridized carbons (Fsp3) is 0.438. The van der Waals surface area contributed by atoms with Gasteiger partial charge in [0.2, 0.25) is 5.43 Å². The quantitative estimate of drug-likeness (QED) is 0.859. The Morgan fingerprint density at radius 2 is 2.24 bits per heavy atom. The summed E-state index contributed by atoms with van der Waals surface area (Å²) in [5.41, 5.74) is 0.758. The Balaban J connectivity index is 1.57. The van der Waals surface area contributed by atoms with Crippen LogP contribution in [0.25, 0.3) is 10.9 Å². The maximum absolute atomic E-state index is 12.8. The number of nitrogens with zero attached hydrogens (tertiary/aromatic N) is 2. The summed E-state index contributed by atoms with van der Waals surface area (Å²) in [7, 11) is 0. The zero-order chi connectivity index (χ0) is 14.1. The van der Waals surface area contributed by atoms with Crippen molar-refractivity contribution >= 4 is 16.8 Å². The standard InChI is InChI=1S/C16H15N3O2/c20-15-11-5-17-2-1-13(11)18-6-12(15)16(21)19-7-8-3-14(19)10-4-9(8)10/h1-2,5-6,8-10,14H,3-4,7H2,(H,18,20)/t8-,9-,10-,14-/m0/s1. The minimum atomic E-state index is -0.211. The van der Waals surface area contributed by atoms with Gasteiger partial charge in [-0.25, -0.2) is 0 Å². The van der Waals surface area contributed by atoms with Gasteiger partial charge in [0.05, 0.1) is 10.9 Å². The zero-order valence-corrected chi connectivity index (χ0v) is 11.5. The molecule has 0 spiro atoms. The van der Waals surface area contributed by atoms with Crippen LogP contribution >= 0.6 is 0 Å². The molecule has 4 atom stereocenters. The zero-order valence-electron chi connectivity index (χ0n) is 11.5. The van der Waals surface area contributed by atoms with Gasteiger partial charge in [-0.05, 0) is 36.7 Å². The first kappa shape index (κ1) is 11.5. The summed E-state index contributed by atoms with van der Waals surface area (Å²) < 4.78 is 0. The third-order valence-electron chi connectivity index (χ3n) is 5.54. The lowest BCUT2D eigenvalue weighted by atomic mass is 10.1. The number of aromatic amines is 1. The number of piperidine rings is 1. The molecule has 2 bridgehead atoms. The molecule has 1 N–H and O–H groups in total. The van der Waals surface area contributed by atoms with E-state index in [0.717, 1.165) is 24.4 Å². The van der Waals surface area contributed by atoms with Crippen molar-refractivity contribution in [3.63, 3.8) is 0 Å². The molecule has 5 heteroatoms. The van der Waals surface area contributed by atoms with Gasteiger partial charge in [0, 0.05) is 31.2 Å². The lowest BCUT2D eigenvalue weighted by Gasteiger charge is -2.26. The highest BCUT2D eigenvalue weighted by atomic mass is 16.2. The molecular formula is C16H15N3O2. The van der Waals surface area contributed by atoms with E-state index in [4.69, 9.17) is 0 Å². The molecule has 1 aliphatic heterocycles. The number of H-pyrrole nitrogens is 1. The minimum Gasteiger partial charge on any atom is -0.360 e. The number of aromatic nitrogens is 2. The molecule has 0 radical (unpaired) electrons. The predicted molar refractivity (Wildman–Crippen MR) is 76.9 cm³/mol. The van der Waals surface area contributed by atoms with Gasteiger partial charge in [0.15, 0.2) is 0 Å². The lowest BCUT2D eigenvalue weighted by molar-refractivity contribution is 0.0691. The van der Waals surface area contributed by atoms with Crippen LogP contribution in [0.15, 0.2) is 29.5 Å². The molecule has 2 aromatic heterocycles. The minimum absolute atomic E-state index is 0.111. The number of likely N-dealkylation sites (tertiary alicyclic amines) is 1. The van der Waals surface area contributed by atoms with Crippen molar-refractivity contribution < 1.29 is 4.79 Å². The lowest BCUT2D eigenvalue weighted by Crippen LogP contribution is -2.41. The fourth-order valence-electron chi connectivity index (χ4n) is 4.45. The number of rotatable bonds is 1. The summed E-state index contributed by atoms with van der Waals surface area (Å²) in [6, 6.07) is 2.12. The number of hydrogen-bond donors (Lipinski definition) is 1. The second-order valence-electron chi connectivity index (χ2n) is 6.54. The van der Waals surface area contributed by atoms with Gasteiger partial charge in [-0.1, -0.05) is 0 Å². The number of hydrogen-bond acceptors (Lipinski definition) is 3. The predicted octanol–water partition coefficient (Wildman–Crippen LogP) is 1.40. The Hall–Kier alpha value is -2.17. The van der Waals surface area contributed by atoms with Crippen molar-refractivity contribution in [3.05, 3.63) is 40.4 Å². The Morgan fingerprint density at radius 1 is 1.33 bits per heavy atom. The molecule has 1 amide bonds. The average molecular weight is 281 g/mol. The number of amides is 1. The van der Waals surface area contributed by atoms with Gasteiger partial charge in [0.25, 0.3) is 5.91 Å². The van der Waals surface area contributed by atoms with Crippen LogP contribution in [0.3, 0.4) is 0 Å². The first-order valence-corrected chi connectivity index (χ1v) is 7.50. The molecule has 3 fully saturated rings. The highest BCUT2D eigenvalue weighted by molar-refractivity contribution is 5.97. The van der Waals surface area contributed by atoms with Crippen molar-refractivity contribution in [3.8, 4) is 0 Å². The largest absolute Gasteiger partial charge is 0.360 e. The smallest absolute Gasteiger partial charge is 0.259 e. The highest BCUT2D eigenvalue weighted by Crippen LogP contribution is 2.61. The van der Waals surface area contributed by atoms with Crippen LogP contribution < -0.4 is 5.43 Å². The number of fused-ring (bicyclic) bond motifs is 6. The van der Waals surface area contributed by atoms with Gasteiger partial charge in [-0.15, -0.1) is 0 Å². The molecule has 3 heterocycles. The Labute approximate surface area is 121 Å².